The summed E-state index contributed by atoms with van der Waals surface area (Å²) in [5, 5.41) is 11.1. The van der Waals surface area contributed by atoms with Gasteiger partial charge < -0.3 is 5.32 Å². The summed E-state index contributed by atoms with van der Waals surface area (Å²) in [6.45, 7) is 7.13. The molecule has 0 aliphatic rings. The summed E-state index contributed by atoms with van der Waals surface area (Å²) in [4.78, 5) is 11.1. The smallest absolute Gasteiger partial charge is 0.234 e. The van der Waals surface area contributed by atoms with Gasteiger partial charge in [0.25, 0.3) is 0 Å². The van der Waals surface area contributed by atoms with Crippen LogP contribution >= 0.6 is 0 Å². The topological polar surface area (TPSA) is 52.9 Å². The third-order valence-corrected chi connectivity index (χ3v) is 2.80. The Balaban J connectivity index is 2.45. The second-order valence-corrected chi connectivity index (χ2v) is 5.38. The molecule has 96 valence electrons. The summed E-state index contributed by atoms with van der Waals surface area (Å²) in [6.07, 6.45) is 0.727. The Bertz CT molecular complexity index is 435. The average molecular weight is 244 g/mol. The molecule has 1 aromatic rings. The van der Waals surface area contributed by atoms with E-state index in [4.69, 9.17) is 5.26 Å². The zero-order chi connectivity index (χ0) is 13.6. The van der Waals surface area contributed by atoms with E-state index in [-0.39, 0.29) is 17.7 Å². The van der Waals surface area contributed by atoms with Crippen molar-refractivity contribution in [3.8, 4) is 6.07 Å². The summed E-state index contributed by atoms with van der Waals surface area (Å²) in [5.74, 6) is -0.205. The average Bonchev–Trinajstić information content (AvgIpc) is 2.29. The zero-order valence-corrected chi connectivity index (χ0v) is 11.3. The van der Waals surface area contributed by atoms with Crippen LogP contribution in [-0.2, 0) is 16.6 Å². The lowest BCUT2D eigenvalue weighted by atomic mass is 9.86. The minimum absolute atomic E-state index is 0.0665. The highest BCUT2D eigenvalue weighted by molar-refractivity contribution is 5.77. The fourth-order valence-electron chi connectivity index (χ4n) is 1.65. The van der Waals surface area contributed by atoms with Crippen molar-refractivity contribution >= 4 is 5.91 Å². The molecule has 18 heavy (non-hydrogen) atoms. The zero-order valence-electron chi connectivity index (χ0n) is 11.3. The Hall–Kier alpha value is -1.82. The molecule has 0 bridgehead atoms. The van der Waals surface area contributed by atoms with Crippen LogP contribution in [-0.4, -0.2) is 12.5 Å². The molecule has 0 saturated heterocycles. The number of carbonyl (C=O) groups excluding carboxylic acids is 1. The van der Waals surface area contributed by atoms with Gasteiger partial charge in [0, 0.05) is 6.54 Å². The monoisotopic (exact) mass is 244 g/mol. The lowest BCUT2D eigenvalue weighted by Gasteiger charge is -2.19. The quantitative estimate of drug-likeness (QED) is 0.885. The van der Waals surface area contributed by atoms with Gasteiger partial charge in [0.1, 0.15) is 6.42 Å². The van der Waals surface area contributed by atoms with Crippen LogP contribution in [0.4, 0.5) is 0 Å². The van der Waals surface area contributed by atoms with Crippen molar-refractivity contribution in [2.75, 3.05) is 6.54 Å². The summed E-state index contributed by atoms with van der Waals surface area (Å²) in [7, 11) is 0. The lowest BCUT2D eigenvalue weighted by Crippen LogP contribution is -2.24. The number of amides is 1. The normalized spacial score (nSPS) is 10.8. The van der Waals surface area contributed by atoms with Crippen molar-refractivity contribution in [2.24, 2.45) is 0 Å². The van der Waals surface area contributed by atoms with Crippen molar-refractivity contribution < 1.29 is 4.79 Å². The minimum atomic E-state index is -0.205. The molecule has 0 fully saturated rings. The van der Waals surface area contributed by atoms with E-state index in [1.165, 1.54) is 11.1 Å². The highest BCUT2D eigenvalue weighted by Crippen LogP contribution is 2.22. The van der Waals surface area contributed by atoms with Crippen molar-refractivity contribution in [3.05, 3.63) is 35.4 Å². The van der Waals surface area contributed by atoms with Crippen molar-refractivity contribution in [2.45, 2.75) is 39.0 Å². The molecule has 0 spiro atoms. The fraction of sp³-hybridized carbons (Fsp3) is 0.467. The van der Waals surface area contributed by atoms with Gasteiger partial charge in [-0.1, -0.05) is 45.0 Å². The number of carbonyl (C=O) groups is 1. The first kappa shape index (κ1) is 14.2. The number of hydrogen-bond donors (Lipinski definition) is 1. The molecular weight excluding hydrogens is 224 g/mol. The maximum atomic E-state index is 11.1. The molecule has 0 saturated carbocycles. The Morgan fingerprint density at radius 3 is 2.39 bits per heavy atom. The molecule has 0 heterocycles. The molecule has 0 radical (unpaired) electrons. The predicted molar refractivity (Wildman–Crippen MR) is 72.1 cm³/mol. The predicted octanol–water partition coefficient (Wildman–Crippen LogP) is 2.56. The highest BCUT2D eigenvalue weighted by atomic mass is 16.1. The van der Waals surface area contributed by atoms with E-state index in [2.05, 4.69) is 50.4 Å². The van der Waals surface area contributed by atoms with Gasteiger partial charge in [-0.05, 0) is 23.0 Å². The lowest BCUT2D eigenvalue weighted by molar-refractivity contribution is -0.120. The van der Waals surface area contributed by atoms with Gasteiger partial charge in [-0.3, -0.25) is 4.79 Å². The number of nitrogens with one attached hydrogen (secondary N) is 1. The molecule has 3 heteroatoms. The van der Waals surface area contributed by atoms with E-state index >= 15 is 0 Å². The van der Waals surface area contributed by atoms with E-state index < -0.39 is 0 Å². The van der Waals surface area contributed by atoms with E-state index in [1.807, 2.05) is 6.07 Å². The Morgan fingerprint density at radius 1 is 1.28 bits per heavy atom. The van der Waals surface area contributed by atoms with E-state index in [0.29, 0.717) is 6.54 Å². The molecular formula is C15H20N2O. The molecule has 1 rings (SSSR count). The molecule has 0 aromatic heterocycles. The molecule has 1 N–H and O–H groups in total. The van der Waals surface area contributed by atoms with Crippen LogP contribution in [0.5, 0.6) is 0 Å². The number of nitriles is 1. The summed E-state index contributed by atoms with van der Waals surface area (Å²) in [5.41, 5.74) is 2.67. The SMILES string of the molecule is CC(C)(C)c1ccc(CCNC(=O)CC#N)cc1. The Kier molecular flexibility index (Phi) is 4.91. The summed E-state index contributed by atoms with van der Waals surface area (Å²) >= 11 is 0. The highest BCUT2D eigenvalue weighted by Gasteiger charge is 2.12. The second-order valence-electron chi connectivity index (χ2n) is 5.38. The molecule has 0 atom stereocenters. The van der Waals surface area contributed by atoms with Crippen LogP contribution in [0.25, 0.3) is 0 Å². The molecule has 3 nitrogen and oxygen atoms in total. The fourth-order valence-corrected chi connectivity index (χ4v) is 1.65. The standard InChI is InChI=1S/C15H20N2O/c1-15(2,3)13-6-4-12(5-7-13)9-11-17-14(18)8-10-16/h4-7H,8-9,11H2,1-3H3,(H,17,18). The van der Waals surface area contributed by atoms with Gasteiger partial charge in [-0.15, -0.1) is 0 Å². The second kappa shape index (κ2) is 6.20. The van der Waals surface area contributed by atoms with Crippen LogP contribution in [0.15, 0.2) is 24.3 Å². The van der Waals surface area contributed by atoms with Gasteiger partial charge in [-0.2, -0.15) is 5.26 Å². The number of hydrogen-bond acceptors (Lipinski definition) is 2. The summed E-state index contributed by atoms with van der Waals surface area (Å²) in [6, 6.07) is 10.3. The van der Waals surface area contributed by atoms with E-state index in [1.54, 1.807) is 0 Å². The third kappa shape index (κ3) is 4.58. The van der Waals surface area contributed by atoms with Crippen molar-refractivity contribution in [1.82, 2.24) is 5.32 Å². The third-order valence-electron chi connectivity index (χ3n) is 2.80. The van der Waals surface area contributed by atoms with Crippen LogP contribution in [0.2, 0.25) is 0 Å². The van der Waals surface area contributed by atoms with Gasteiger partial charge in [-0.25, -0.2) is 0 Å². The molecule has 1 aromatic carbocycles. The Labute approximate surface area is 109 Å². The van der Waals surface area contributed by atoms with E-state index in [0.717, 1.165) is 6.42 Å². The molecule has 0 unspecified atom stereocenters. The van der Waals surface area contributed by atoms with Crippen molar-refractivity contribution in [1.29, 1.82) is 5.26 Å². The number of nitrogens with zero attached hydrogens (tertiary/aromatic N) is 1. The van der Waals surface area contributed by atoms with E-state index in [9.17, 15) is 4.79 Å². The summed E-state index contributed by atoms with van der Waals surface area (Å²) < 4.78 is 0. The first-order valence-corrected chi connectivity index (χ1v) is 6.16. The Morgan fingerprint density at radius 2 is 1.89 bits per heavy atom. The van der Waals surface area contributed by atoms with Crippen LogP contribution < -0.4 is 5.32 Å². The van der Waals surface area contributed by atoms with Gasteiger partial charge in [0.05, 0.1) is 6.07 Å². The minimum Gasteiger partial charge on any atom is -0.355 e. The maximum Gasteiger partial charge on any atom is 0.234 e. The molecule has 0 aliphatic heterocycles. The van der Waals surface area contributed by atoms with Gasteiger partial charge in [0.2, 0.25) is 5.91 Å². The first-order valence-electron chi connectivity index (χ1n) is 6.16. The van der Waals surface area contributed by atoms with Gasteiger partial charge >= 0.3 is 0 Å². The van der Waals surface area contributed by atoms with Gasteiger partial charge in [0.15, 0.2) is 0 Å². The molecule has 0 aliphatic carbocycles. The van der Waals surface area contributed by atoms with Crippen LogP contribution in [0.3, 0.4) is 0 Å². The molecule has 1 amide bonds. The van der Waals surface area contributed by atoms with Crippen molar-refractivity contribution in [3.63, 3.8) is 0 Å². The van der Waals surface area contributed by atoms with Crippen LogP contribution in [0, 0.1) is 11.3 Å². The number of benzene rings is 1. The first-order chi connectivity index (χ1) is 8.43. The number of rotatable bonds is 4. The van der Waals surface area contributed by atoms with Crippen LogP contribution in [0.1, 0.15) is 38.3 Å². The largest absolute Gasteiger partial charge is 0.355 e. The maximum absolute atomic E-state index is 11.1.